The standard InChI is InChI=1S/C14H31N3/c1-6-17(7-2)9-8-15-14-10-13(4)16(5)11-12(14)3/h12-15H,6-11H2,1-5H3. The fourth-order valence-corrected chi connectivity index (χ4v) is 2.77. The van der Waals surface area contributed by atoms with E-state index in [1.165, 1.54) is 19.5 Å². The van der Waals surface area contributed by atoms with Crippen LogP contribution in [0.15, 0.2) is 0 Å². The molecule has 3 atom stereocenters. The number of nitrogens with zero attached hydrogens (tertiary/aromatic N) is 2. The summed E-state index contributed by atoms with van der Waals surface area (Å²) in [5.41, 5.74) is 0. The second-order valence-electron chi connectivity index (χ2n) is 5.59. The van der Waals surface area contributed by atoms with Crippen LogP contribution in [0.4, 0.5) is 0 Å². The fraction of sp³-hybridized carbons (Fsp3) is 1.00. The van der Waals surface area contributed by atoms with Crippen LogP contribution >= 0.6 is 0 Å². The molecule has 1 N–H and O–H groups in total. The molecule has 1 fully saturated rings. The molecule has 0 aromatic rings. The Bertz CT molecular complexity index is 204. The summed E-state index contributed by atoms with van der Waals surface area (Å²) in [6, 6.07) is 1.42. The molecule has 3 unspecified atom stereocenters. The molecular formula is C14H31N3. The van der Waals surface area contributed by atoms with Gasteiger partial charge in [-0.3, -0.25) is 0 Å². The molecule has 0 radical (unpaired) electrons. The highest BCUT2D eigenvalue weighted by molar-refractivity contribution is 4.86. The van der Waals surface area contributed by atoms with Gasteiger partial charge in [0, 0.05) is 31.7 Å². The van der Waals surface area contributed by atoms with E-state index in [2.05, 4.69) is 49.9 Å². The van der Waals surface area contributed by atoms with E-state index in [9.17, 15) is 0 Å². The zero-order chi connectivity index (χ0) is 12.8. The van der Waals surface area contributed by atoms with E-state index in [0.717, 1.165) is 31.6 Å². The third-order valence-electron chi connectivity index (χ3n) is 4.34. The highest BCUT2D eigenvalue weighted by atomic mass is 15.2. The van der Waals surface area contributed by atoms with Crippen molar-refractivity contribution in [1.29, 1.82) is 0 Å². The van der Waals surface area contributed by atoms with Crippen molar-refractivity contribution in [3.63, 3.8) is 0 Å². The summed E-state index contributed by atoms with van der Waals surface area (Å²) in [5, 5.41) is 3.75. The van der Waals surface area contributed by atoms with Gasteiger partial charge < -0.3 is 15.1 Å². The first-order chi connectivity index (χ1) is 8.08. The summed E-state index contributed by atoms with van der Waals surface area (Å²) < 4.78 is 0. The lowest BCUT2D eigenvalue weighted by Gasteiger charge is -2.40. The molecule has 0 aromatic heterocycles. The molecule has 1 aliphatic heterocycles. The largest absolute Gasteiger partial charge is 0.312 e. The number of likely N-dealkylation sites (tertiary alicyclic amines) is 1. The van der Waals surface area contributed by atoms with Gasteiger partial charge in [0.15, 0.2) is 0 Å². The van der Waals surface area contributed by atoms with Crippen molar-refractivity contribution in [2.24, 2.45) is 5.92 Å². The lowest BCUT2D eigenvalue weighted by Crippen LogP contribution is -2.51. The Morgan fingerprint density at radius 2 is 1.88 bits per heavy atom. The molecule has 0 bridgehead atoms. The summed E-state index contributed by atoms with van der Waals surface area (Å²) in [6.07, 6.45) is 1.29. The molecule has 1 saturated heterocycles. The lowest BCUT2D eigenvalue weighted by atomic mass is 9.90. The van der Waals surface area contributed by atoms with E-state index in [4.69, 9.17) is 0 Å². The zero-order valence-electron chi connectivity index (χ0n) is 12.4. The van der Waals surface area contributed by atoms with Crippen LogP contribution in [0.5, 0.6) is 0 Å². The summed E-state index contributed by atoms with van der Waals surface area (Å²) in [4.78, 5) is 4.96. The third kappa shape index (κ3) is 4.57. The summed E-state index contributed by atoms with van der Waals surface area (Å²) >= 11 is 0. The minimum Gasteiger partial charge on any atom is -0.312 e. The Morgan fingerprint density at radius 1 is 1.24 bits per heavy atom. The first-order valence-electron chi connectivity index (χ1n) is 7.24. The molecule has 102 valence electrons. The van der Waals surface area contributed by atoms with E-state index in [1.807, 2.05) is 0 Å². The Hall–Kier alpha value is -0.120. The minimum atomic E-state index is 0.705. The second-order valence-corrected chi connectivity index (χ2v) is 5.59. The molecule has 0 amide bonds. The van der Waals surface area contributed by atoms with Gasteiger partial charge in [-0.25, -0.2) is 0 Å². The first kappa shape index (κ1) is 14.9. The summed E-state index contributed by atoms with van der Waals surface area (Å²) in [6.45, 7) is 15.1. The SMILES string of the molecule is CCN(CC)CCNC1CC(C)N(C)CC1C. The van der Waals surface area contributed by atoms with E-state index in [-0.39, 0.29) is 0 Å². The van der Waals surface area contributed by atoms with Gasteiger partial charge in [-0.05, 0) is 39.4 Å². The number of piperidine rings is 1. The Labute approximate surface area is 108 Å². The van der Waals surface area contributed by atoms with Crippen molar-refractivity contribution >= 4 is 0 Å². The van der Waals surface area contributed by atoms with Crippen LogP contribution in [0, 0.1) is 5.92 Å². The molecule has 0 aliphatic carbocycles. The second kappa shape index (κ2) is 7.34. The molecule has 17 heavy (non-hydrogen) atoms. The molecule has 1 aliphatic rings. The Balaban J connectivity index is 2.26. The number of nitrogens with one attached hydrogen (secondary N) is 1. The van der Waals surface area contributed by atoms with Crippen molar-refractivity contribution in [2.45, 2.75) is 46.2 Å². The Morgan fingerprint density at radius 3 is 2.47 bits per heavy atom. The number of likely N-dealkylation sites (N-methyl/N-ethyl adjacent to an activating group) is 1. The van der Waals surface area contributed by atoms with Gasteiger partial charge in [0.1, 0.15) is 0 Å². The smallest absolute Gasteiger partial charge is 0.0120 e. The highest BCUT2D eigenvalue weighted by Crippen LogP contribution is 2.20. The highest BCUT2D eigenvalue weighted by Gasteiger charge is 2.28. The van der Waals surface area contributed by atoms with Crippen LogP contribution < -0.4 is 5.32 Å². The van der Waals surface area contributed by atoms with Crippen molar-refractivity contribution in [3.05, 3.63) is 0 Å². The predicted octanol–water partition coefficient (Wildman–Crippen LogP) is 1.65. The Kier molecular flexibility index (Phi) is 6.45. The molecular weight excluding hydrogens is 210 g/mol. The quantitative estimate of drug-likeness (QED) is 0.763. The first-order valence-corrected chi connectivity index (χ1v) is 7.24. The van der Waals surface area contributed by atoms with Crippen LogP contribution in [0.3, 0.4) is 0 Å². The van der Waals surface area contributed by atoms with Crippen molar-refractivity contribution in [2.75, 3.05) is 39.8 Å². The summed E-state index contributed by atoms with van der Waals surface area (Å²) in [7, 11) is 2.24. The van der Waals surface area contributed by atoms with Crippen LogP contribution in [-0.2, 0) is 0 Å². The maximum absolute atomic E-state index is 3.75. The average molecular weight is 241 g/mol. The number of rotatable bonds is 6. The fourth-order valence-electron chi connectivity index (χ4n) is 2.77. The van der Waals surface area contributed by atoms with E-state index in [1.54, 1.807) is 0 Å². The maximum atomic E-state index is 3.75. The normalized spacial score (nSPS) is 31.1. The number of hydrogen-bond donors (Lipinski definition) is 1. The molecule has 1 rings (SSSR count). The van der Waals surface area contributed by atoms with Crippen LogP contribution in [0.25, 0.3) is 0 Å². The van der Waals surface area contributed by atoms with Crippen LogP contribution in [0.1, 0.15) is 34.1 Å². The molecule has 1 heterocycles. The van der Waals surface area contributed by atoms with Gasteiger partial charge in [0.2, 0.25) is 0 Å². The molecule has 0 saturated carbocycles. The lowest BCUT2D eigenvalue weighted by molar-refractivity contribution is 0.120. The molecule has 0 aromatic carbocycles. The molecule has 0 spiro atoms. The predicted molar refractivity (Wildman–Crippen MR) is 75.5 cm³/mol. The minimum absolute atomic E-state index is 0.705. The zero-order valence-corrected chi connectivity index (χ0v) is 12.4. The topological polar surface area (TPSA) is 18.5 Å². The maximum Gasteiger partial charge on any atom is 0.0120 e. The van der Waals surface area contributed by atoms with Gasteiger partial charge in [-0.2, -0.15) is 0 Å². The third-order valence-corrected chi connectivity index (χ3v) is 4.34. The van der Waals surface area contributed by atoms with Crippen molar-refractivity contribution in [1.82, 2.24) is 15.1 Å². The van der Waals surface area contributed by atoms with Gasteiger partial charge in [0.25, 0.3) is 0 Å². The van der Waals surface area contributed by atoms with Crippen LogP contribution in [0.2, 0.25) is 0 Å². The molecule has 3 nitrogen and oxygen atoms in total. The van der Waals surface area contributed by atoms with Crippen LogP contribution in [-0.4, -0.2) is 61.7 Å². The van der Waals surface area contributed by atoms with Crippen molar-refractivity contribution < 1.29 is 0 Å². The number of hydrogen-bond acceptors (Lipinski definition) is 3. The van der Waals surface area contributed by atoms with E-state index in [0.29, 0.717) is 6.04 Å². The van der Waals surface area contributed by atoms with Gasteiger partial charge in [0.05, 0.1) is 0 Å². The van der Waals surface area contributed by atoms with Gasteiger partial charge in [-0.15, -0.1) is 0 Å². The van der Waals surface area contributed by atoms with E-state index >= 15 is 0 Å². The van der Waals surface area contributed by atoms with Gasteiger partial charge in [-0.1, -0.05) is 20.8 Å². The summed E-state index contributed by atoms with van der Waals surface area (Å²) in [5.74, 6) is 0.771. The van der Waals surface area contributed by atoms with Gasteiger partial charge >= 0.3 is 0 Å². The monoisotopic (exact) mass is 241 g/mol. The average Bonchev–Trinajstić information content (AvgIpc) is 2.31. The van der Waals surface area contributed by atoms with E-state index < -0.39 is 0 Å². The molecule has 3 heteroatoms. The van der Waals surface area contributed by atoms with Crippen molar-refractivity contribution in [3.8, 4) is 0 Å².